The predicted octanol–water partition coefficient (Wildman–Crippen LogP) is 3.14. The number of benzene rings is 1. The zero-order valence-corrected chi connectivity index (χ0v) is 10.6. The van der Waals surface area contributed by atoms with Crippen LogP contribution in [0.15, 0.2) is 30.3 Å². The number of halogens is 3. The van der Waals surface area contributed by atoms with Crippen molar-refractivity contribution in [2.45, 2.75) is 13.1 Å². The molecule has 106 valence electrons. The molecule has 0 aliphatic rings. The van der Waals surface area contributed by atoms with Crippen LogP contribution in [0.25, 0.3) is 11.4 Å². The van der Waals surface area contributed by atoms with Crippen LogP contribution >= 0.6 is 0 Å². The van der Waals surface area contributed by atoms with Crippen LogP contribution in [0.4, 0.5) is 18.9 Å². The van der Waals surface area contributed by atoms with Crippen molar-refractivity contribution in [3.05, 3.63) is 36.0 Å². The Morgan fingerprint density at radius 1 is 1.20 bits per heavy atom. The van der Waals surface area contributed by atoms with Gasteiger partial charge in [0.2, 0.25) is 5.88 Å². The van der Waals surface area contributed by atoms with Crippen molar-refractivity contribution in [2.75, 3.05) is 12.3 Å². The van der Waals surface area contributed by atoms with E-state index in [1.807, 2.05) is 0 Å². The highest BCUT2D eigenvalue weighted by molar-refractivity contribution is 5.61. The molecular formula is C13H12F3N3O. The maximum Gasteiger partial charge on any atom is 0.433 e. The van der Waals surface area contributed by atoms with Crippen molar-refractivity contribution < 1.29 is 17.9 Å². The summed E-state index contributed by atoms with van der Waals surface area (Å²) < 4.78 is 43.5. The molecule has 0 aliphatic carbocycles. The molecule has 0 radical (unpaired) electrons. The van der Waals surface area contributed by atoms with Gasteiger partial charge in [0.15, 0.2) is 11.5 Å². The van der Waals surface area contributed by atoms with Gasteiger partial charge in [-0.05, 0) is 19.1 Å². The maximum atomic E-state index is 12.8. The van der Waals surface area contributed by atoms with Crippen LogP contribution in [0.2, 0.25) is 0 Å². The lowest BCUT2D eigenvalue weighted by atomic mass is 10.2. The minimum atomic E-state index is -4.57. The number of nitrogens with two attached hydrogens (primary N) is 1. The number of aromatic nitrogens is 2. The van der Waals surface area contributed by atoms with E-state index in [2.05, 4.69) is 9.97 Å². The zero-order chi connectivity index (χ0) is 14.8. The van der Waals surface area contributed by atoms with E-state index in [1.165, 1.54) is 6.07 Å². The van der Waals surface area contributed by atoms with Gasteiger partial charge in [0.1, 0.15) is 0 Å². The summed E-state index contributed by atoms with van der Waals surface area (Å²) in [7, 11) is 0. The largest absolute Gasteiger partial charge is 0.478 e. The first-order valence-corrected chi connectivity index (χ1v) is 5.85. The Kier molecular flexibility index (Phi) is 3.78. The van der Waals surface area contributed by atoms with Crippen LogP contribution < -0.4 is 10.5 Å². The molecule has 0 amide bonds. The highest BCUT2D eigenvalue weighted by Crippen LogP contribution is 2.31. The van der Waals surface area contributed by atoms with Gasteiger partial charge >= 0.3 is 6.18 Å². The quantitative estimate of drug-likeness (QED) is 0.879. The molecular weight excluding hydrogens is 271 g/mol. The van der Waals surface area contributed by atoms with Gasteiger partial charge < -0.3 is 10.5 Å². The van der Waals surface area contributed by atoms with E-state index in [4.69, 9.17) is 10.5 Å². The first-order chi connectivity index (χ1) is 9.40. The number of nitrogens with zero attached hydrogens (tertiary/aromatic N) is 2. The van der Waals surface area contributed by atoms with Crippen molar-refractivity contribution in [1.29, 1.82) is 0 Å². The summed E-state index contributed by atoms with van der Waals surface area (Å²) in [5.74, 6) is -0.192. The number of rotatable bonds is 3. The molecule has 0 spiro atoms. The van der Waals surface area contributed by atoms with Crippen molar-refractivity contribution >= 4 is 5.69 Å². The molecule has 0 unspecified atom stereocenters. The fourth-order valence-corrected chi connectivity index (χ4v) is 1.60. The van der Waals surface area contributed by atoms with Gasteiger partial charge in [-0.3, -0.25) is 0 Å². The first kappa shape index (κ1) is 14.1. The van der Waals surface area contributed by atoms with E-state index in [0.29, 0.717) is 11.3 Å². The van der Waals surface area contributed by atoms with Gasteiger partial charge in [-0.2, -0.15) is 18.2 Å². The van der Waals surface area contributed by atoms with Crippen LogP contribution in [0.3, 0.4) is 0 Å². The highest BCUT2D eigenvalue weighted by atomic mass is 19.4. The summed E-state index contributed by atoms with van der Waals surface area (Å²) in [6.45, 7) is 1.88. The van der Waals surface area contributed by atoms with Gasteiger partial charge in [-0.15, -0.1) is 0 Å². The minimum absolute atomic E-state index is 0.0735. The Morgan fingerprint density at radius 2 is 1.95 bits per heavy atom. The molecule has 2 aromatic rings. The molecule has 0 aliphatic heterocycles. The summed E-state index contributed by atoms with van der Waals surface area (Å²) in [4.78, 5) is 7.49. The summed E-state index contributed by atoms with van der Waals surface area (Å²) in [6, 6.07) is 7.11. The molecule has 0 saturated heterocycles. The third-order valence-electron chi connectivity index (χ3n) is 2.43. The number of hydrogen-bond acceptors (Lipinski definition) is 4. The average molecular weight is 283 g/mol. The highest BCUT2D eigenvalue weighted by Gasteiger charge is 2.34. The van der Waals surface area contributed by atoms with Crippen molar-refractivity contribution in [1.82, 2.24) is 9.97 Å². The summed E-state index contributed by atoms with van der Waals surface area (Å²) >= 11 is 0. The molecule has 0 saturated carbocycles. The number of anilines is 1. The predicted molar refractivity (Wildman–Crippen MR) is 68.1 cm³/mol. The molecule has 1 aromatic carbocycles. The number of alkyl halides is 3. The second-order valence-corrected chi connectivity index (χ2v) is 3.97. The summed E-state index contributed by atoms with van der Waals surface area (Å²) in [5.41, 5.74) is 5.38. The van der Waals surface area contributed by atoms with Crippen molar-refractivity contribution in [2.24, 2.45) is 0 Å². The normalized spacial score (nSPS) is 11.4. The number of hydrogen-bond donors (Lipinski definition) is 1. The third kappa shape index (κ3) is 3.17. The van der Waals surface area contributed by atoms with Crippen LogP contribution in [0.5, 0.6) is 5.88 Å². The topological polar surface area (TPSA) is 61.0 Å². The molecule has 2 rings (SSSR count). The van der Waals surface area contributed by atoms with Gasteiger partial charge in [-0.1, -0.05) is 12.1 Å². The van der Waals surface area contributed by atoms with Gasteiger partial charge in [0, 0.05) is 17.3 Å². The minimum Gasteiger partial charge on any atom is -0.478 e. The lowest BCUT2D eigenvalue weighted by Crippen LogP contribution is -2.11. The maximum absolute atomic E-state index is 12.8. The molecule has 1 heterocycles. The zero-order valence-electron chi connectivity index (χ0n) is 10.6. The van der Waals surface area contributed by atoms with Crippen LogP contribution in [0.1, 0.15) is 12.6 Å². The average Bonchev–Trinajstić information content (AvgIpc) is 2.38. The van der Waals surface area contributed by atoms with Gasteiger partial charge in [0.05, 0.1) is 6.61 Å². The van der Waals surface area contributed by atoms with Crippen molar-refractivity contribution in [3.8, 4) is 17.3 Å². The lowest BCUT2D eigenvalue weighted by Gasteiger charge is -2.10. The number of ether oxygens (including phenoxy) is 1. The molecule has 1 aromatic heterocycles. The molecule has 2 N–H and O–H groups in total. The standard InChI is InChI=1S/C13H12F3N3O/c1-2-20-11-7-10(13(14,15)16)18-12(19-11)8-4-3-5-9(17)6-8/h3-7H,2,17H2,1H3. The Bertz CT molecular complexity index is 614. The number of nitrogen functional groups attached to an aromatic ring is 1. The van der Waals surface area contributed by atoms with Crippen molar-refractivity contribution in [3.63, 3.8) is 0 Å². The van der Waals surface area contributed by atoms with Crippen LogP contribution in [-0.2, 0) is 6.18 Å². The lowest BCUT2D eigenvalue weighted by molar-refractivity contribution is -0.141. The van der Waals surface area contributed by atoms with Gasteiger partial charge in [-0.25, -0.2) is 4.98 Å². The van der Waals surface area contributed by atoms with E-state index in [9.17, 15) is 13.2 Å². The van der Waals surface area contributed by atoms with Crippen LogP contribution in [0, 0.1) is 0 Å². The fraction of sp³-hybridized carbons (Fsp3) is 0.231. The molecule has 4 nitrogen and oxygen atoms in total. The van der Waals surface area contributed by atoms with E-state index in [-0.39, 0.29) is 18.3 Å². The second-order valence-electron chi connectivity index (χ2n) is 3.97. The molecule has 20 heavy (non-hydrogen) atoms. The molecule has 0 bridgehead atoms. The van der Waals surface area contributed by atoms with E-state index < -0.39 is 11.9 Å². The van der Waals surface area contributed by atoms with E-state index >= 15 is 0 Å². The molecule has 7 heteroatoms. The van der Waals surface area contributed by atoms with Gasteiger partial charge in [0.25, 0.3) is 0 Å². The molecule has 0 atom stereocenters. The Morgan fingerprint density at radius 3 is 2.55 bits per heavy atom. The fourth-order valence-electron chi connectivity index (χ4n) is 1.60. The van der Waals surface area contributed by atoms with E-state index in [1.54, 1.807) is 25.1 Å². The summed E-state index contributed by atoms with van der Waals surface area (Å²) in [5, 5.41) is 0. The van der Waals surface area contributed by atoms with E-state index in [0.717, 1.165) is 6.07 Å². The third-order valence-corrected chi connectivity index (χ3v) is 2.43. The smallest absolute Gasteiger partial charge is 0.433 e. The Hall–Kier alpha value is -2.31. The first-order valence-electron chi connectivity index (χ1n) is 5.85. The molecule has 0 fully saturated rings. The SMILES string of the molecule is CCOc1cc(C(F)(F)F)nc(-c2cccc(N)c2)n1. The second kappa shape index (κ2) is 5.36. The Balaban J connectivity index is 2.54. The summed E-state index contributed by atoms with van der Waals surface area (Å²) in [6.07, 6.45) is -4.57. The monoisotopic (exact) mass is 283 g/mol. The Labute approximate surface area is 113 Å². The van der Waals surface area contributed by atoms with Crippen LogP contribution in [-0.4, -0.2) is 16.6 Å².